The van der Waals surface area contributed by atoms with Gasteiger partial charge in [0.15, 0.2) is 0 Å². The van der Waals surface area contributed by atoms with Crippen LogP contribution < -0.4 is 10.6 Å². The number of allylic oxidation sites excluding steroid dienone is 1. The number of carbonyl (C=O) groups is 1. The number of guanidine groups is 1. The number of para-hydroxylation sites is 1. The predicted molar refractivity (Wildman–Crippen MR) is 106 cm³/mol. The second kappa shape index (κ2) is 8.86. The van der Waals surface area contributed by atoms with Gasteiger partial charge in [-0.15, -0.1) is 0 Å². The third kappa shape index (κ3) is 5.00. The Labute approximate surface area is 174 Å². The quantitative estimate of drug-likeness (QED) is 0.417. The first-order chi connectivity index (χ1) is 14.7. The molecule has 1 heterocycles. The summed E-state index contributed by atoms with van der Waals surface area (Å²) in [6, 6.07) is 11.8. The van der Waals surface area contributed by atoms with Crippen molar-refractivity contribution in [2.24, 2.45) is 4.99 Å². The molecule has 0 aliphatic carbocycles. The van der Waals surface area contributed by atoms with Crippen molar-refractivity contribution in [1.29, 1.82) is 0 Å². The second-order valence-corrected chi connectivity index (χ2v) is 6.36. The number of nitrogens with one attached hydrogen (secondary N) is 2. The first-order valence-corrected chi connectivity index (χ1v) is 9.10. The molecular weight excluding hydrogens is 417 g/mol. The van der Waals surface area contributed by atoms with Crippen LogP contribution in [-0.4, -0.2) is 29.6 Å². The largest absolute Gasteiger partial charge is 0.463 e. The fraction of sp³-hybridized carbons (Fsp3) is 0.200. The third-order valence-electron chi connectivity index (χ3n) is 4.26. The SMILES string of the molecule is CCOC(=O)C1=C(C(F)(F)F)NC(Nc2ccccc2)=NC1c1cccc([N+](=O)[O-])c1. The molecule has 2 aromatic rings. The van der Waals surface area contributed by atoms with E-state index in [0.29, 0.717) is 5.69 Å². The first kappa shape index (κ1) is 21.8. The molecule has 0 saturated heterocycles. The molecule has 162 valence electrons. The van der Waals surface area contributed by atoms with Crippen molar-refractivity contribution in [3.8, 4) is 0 Å². The number of anilines is 1. The number of alkyl halides is 3. The molecule has 11 heteroatoms. The summed E-state index contributed by atoms with van der Waals surface area (Å²) in [7, 11) is 0. The van der Waals surface area contributed by atoms with E-state index in [-0.39, 0.29) is 23.8 Å². The summed E-state index contributed by atoms with van der Waals surface area (Å²) in [4.78, 5) is 27.1. The van der Waals surface area contributed by atoms with Crippen molar-refractivity contribution < 1.29 is 27.6 Å². The fourth-order valence-electron chi connectivity index (χ4n) is 2.97. The summed E-state index contributed by atoms with van der Waals surface area (Å²) >= 11 is 0. The molecule has 0 bridgehead atoms. The first-order valence-electron chi connectivity index (χ1n) is 9.10. The number of aliphatic imine (C=N–C) groups is 1. The molecule has 0 amide bonds. The average Bonchev–Trinajstić information content (AvgIpc) is 2.73. The van der Waals surface area contributed by atoms with Crippen molar-refractivity contribution in [3.05, 3.63) is 81.5 Å². The van der Waals surface area contributed by atoms with Crippen LogP contribution in [0, 0.1) is 10.1 Å². The number of nitro groups is 1. The lowest BCUT2D eigenvalue weighted by Crippen LogP contribution is -2.42. The second-order valence-electron chi connectivity index (χ2n) is 6.36. The molecule has 31 heavy (non-hydrogen) atoms. The molecule has 8 nitrogen and oxygen atoms in total. The highest BCUT2D eigenvalue weighted by Gasteiger charge is 2.45. The number of carbonyl (C=O) groups excluding carboxylic acids is 1. The third-order valence-corrected chi connectivity index (χ3v) is 4.26. The maximum absolute atomic E-state index is 13.9. The van der Waals surface area contributed by atoms with E-state index in [0.717, 1.165) is 6.07 Å². The average molecular weight is 434 g/mol. The van der Waals surface area contributed by atoms with Crippen LogP contribution in [0.4, 0.5) is 24.5 Å². The number of hydrogen-bond donors (Lipinski definition) is 2. The zero-order valence-electron chi connectivity index (χ0n) is 16.1. The molecule has 0 fully saturated rings. The van der Waals surface area contributed by atoms with E-state index >= 15 is 0 Å². The van der Waals surface area contributed by atoms with E-state index in [9.17, 15) is 28.1 Å². The van der Waals surface area contributed by atoms with Crippen LogP contribution in [0.1, 0.15) is 18.5 Å². The summed E-state index contributed by atoms with van der Waals surface area (Å²) in [6.07, 6.45) is -4.94. The minimum absolute atomic E-state index is 0.0351. The molecule has 0 spiro atoms. The fourth-order valence-corrected chi connectivity index (χ4v) is 2.97. The van der Waals surface area contributed by atoms with E-state index in [1.54, 1.807) is 30.3 Å². The Morgan fingerprint density at radius 3 is 2.55 bits per heavy atom. The number of benzene rings is 2. The van der Waals surface area contributed by atoms with E-state index in [2.05, 4.69) is 15.6 Å². The van der Waals surface area contributed by atoms with Gasteiger partial charge in [-0.2, -0.15) is 13.2 Å². The number of esters is 1. The van der Waals surface area contributed by atoms with Gasteiger partial charge >= 0.3 is 12.1 Å². The van der Waals surface area contributed by atoms with Crippen molar-refractivity contribution in [3.63, 3.8) is 0 Å². The predicted octanol–water partition coefficient (Wildman–Crippen LogP) is 4.09. The van der Waals surface area contributed by atoms with E-state index < -0.39 is 34.4 Å². The molecule has 1 aliphatic heterocycles. The van der Waals surface area contributed by atoms with Gasteiger partial charge in [0.25, 0.3) is 5.69 Å². The zero-order valence-corrected chi connectivity index (χ0v) is 16.1. The topological polar surface area (TPSA) is 106 Å². The molecule has 2 aromatic carbocycles. The molecule has 2 N–H and O–H groups in total. The van der Waals surface area contributed by atoms with Crippen molar-refractivity contribution >= 4 is 23.3 Å². The van der Waals surface area contributed by atoms with Crippen LogP contribution in [-0.2, 0) is 9.53 Å². The summed E-state index contributed by atoms with van der Waals surface area (Å²) < 4.78 is 46.5. The van der Waals surface area contributed by atoms with Crippen molar-refractivity contribution in [2.45, 2.75) is 19.1 Å². The molecular formula is C20H17F3N4O4. The molecule has 0 saturated carbocycles. The molecule has 3 rings (SSSR count). The molecule has 1 atom stereocenters. The van der Waals surface area contributed by atoms with Gasteiger partial charge in [0.05, 0.1) is 17.1 Å². The number of nitrogens with zero attached hydrogens (tertiary/aromatic N) is 2. The lowest BCUT2D eigenvalue weighted by atomic mass is 9.95. The molecule has 1 unspecified atom stereocenters. The van der Waals surface area contributed by atoms with E-state index in [1.807, 2.05) is 0 Å². The molecule has 1 aliphatic rings. The Hall–Kier alpha value is -3.89. The zero-order chi connectivity index (χ0) is 22.6. The Kier molecular flexibility index (Phi) is 6.23. The van der Waals surface area contributed by atoms with Crippen LogP contribution in [0.15, 0.2) is 70.9 Å². The summed E-state index contributed by atoms with van der Waals surface area (Å²) in [5.41, 5.74) is -1.99. The lowest BCUT2D eigenvalue weighted by molar-refractivity contribution is -0.384. The number of ether oxygens (including phenoxy) is 1. The van der Waals surface area contributed by atoms with Gasteiger partial charge in [-0.1, -0.05) is 30.3 Å². The van der Waals surface area contributed by atoms with Crippen LogP contribution >= 0.6 is 0 Å². The van der Waals surface area contributed by atoms with Gasteiger partial charge < -0.3 is 15.4 Å². The number of halogens is 3. The Bertz CT molecular complexity index is 1050. The minimum Gasteiger partial charge on any atom is -0.463 e. The van der Waals surface area contributed by atoms with E-state index in [4.69, 9.17) is 4.74 Å². The van der Waals surface area contributed by atoms with Gasteiger partial charge in [0, 0.05) is 17.8 Å². The highest BCUT2D eigenvalue weighted by molar-refractivity contribution is 6.00. The highest BCUT2D eigenvalue weighted by Crippen LogP contribution is 2.38. The van der Waals surface area contributed by atoms with Gasteiger partial charge in [0.2, 0.25) is 5.96 Å². The summed E-state index contributed by atoms with van der Waals surface area (Å²) in [6.45, 7) is 1.30. The van der Waals surface area contributed by atoms with Crippen molar-refractivity contribution in [1.82, 2.24) is 5.32 Å². The van der Waals surface area contributed by atoms with Crippen molar-refractivity contribution in [2.75, 3.05) is 11.9 Å². The van der Waals surface area contributed by atoms with Gasteiger partial charge in [-0.3, -0.25) is 10.1 Å². The maximum atomic E-state index is 13.9. The van der Waals surface area contributed by atoms with Gasteiger partial charge in [-0.25, -0.2) is 9.79 Å². The van der Waals surface area contributed by atoms with Gasteiger partial charge in [0.1, 0.15) is 11.7 Å². The normalized spacial score (nSPS) is 16.3. The Morgan fingerprint density at radius 2 is 1.94 bits per heavy atom. The lowest BCUT2D eigenvalue weighted by Gasteiger charge is -2.28. The van der Waals surface area contributed by atoms with Crippen LogP contribution in [0.25, 0.3) is 0 Å². The van der Waals surface area contributed by atoms with Crippen LogP contribution in [0.2, 0.25) is 0 Å². The van der Waals surface area contributed by atoms with E-state index in [1.165, 1.54) is 25.1 Å². The number of rotatable bonds is 5. The summed E-state index contributed by atoms with van der Waals surface area (Å²) in [5.74, 6) is -1.50. The van der Waals surface area contributed by atoms with Crippen LogP contribution in [0.3, 0.4) is 0 Å². The number of non-ortho nitro benzene ring substituents is 1. The Balaban J connectivity index is 2.15. The summed E-state index contributed by atoms with van der Waals surface area (Å²) in [5, 5.41) is 16.0. The number of nitro benzene ring substituents is 1. The smallest absolute Gasteiger partial charge is 0.431 e. The standard InChI is InChI=1S/C20H17F3N4O4/c1-2-31-18(28)15-16(12-7-6-10-14(11-12)27(29)30)25-19(26-17(15)20(21,22)23)24-13-8-4-3-5-9-13/h3-11,16H,2H2,1H3,(H2,24,25,26). The monoisotopic (exact) mass is 434 g/mol. The Morgan fingerprint density at radius 1 is 1.23 bits per heavy atom. The molecule has 0 aromatic heterocycles. The van der Waals surface area contributed by atoms with Gasteiger partial charge in [-0.05, 0) is 24.6 Å². The number of hydrogen-bond acceptors (Lipinski definition) is 7. The van der Waals surface area contributed by atoms with Crippen LogP contribution in [0.5, 0.6) is 0 Å². The maximum Gasteiger partial charge on any atom is 0.431 e. The molecule has 0 radical (unpaired) electrons. The minimum atomic E-state index is -4.94. The highest BCUT2D eigenvalue weighted by atomic mass is 19.4.